The van der Waals surface area contributed by atoms with Gasteiger partial charge in [-0.1, -0.05) is 18.2 Å². The van der Waals surface area contributed by atoms with Crippen molar-refractivity contribution < 1.29 is 22.0 Å². The van der Waals surface area contributed by atoms with E-state index in [1.165, 1.54) is 19.1 Å². The molecule has 8 heteroatoms. The summed E-state index contributed by atoms with van der Waals surface area (Å²) in [4.78, 5) is 14.3. The maximum atomic E-state index is 13.3. The van der Waals surface area contributed by atoms with E-state index in [4.69, 9.17) is 4.42 Å². The molecule has 6 nitrogen and oxygen atoms in total. The Morgan fingerprint density at radius 1 is 0.964 bits per heavy atom. The molecule has 28 heavy (non-hydrogen) atoms. The second-order valence-electron chi connectivity index (χ2n) is 6.28. The first-order valence-corrected chi connectivity index (χ1v) is 9.83. The monoisotopic (exact) mass is 398 g/mol. The molecule has 3 aromatic carbocycles. The Morgan fingerprint density at radius 3 is 2.50 bits per heavy atom. The molecule has 4 aromatic rings. The molecule has 0 aliphatic heterocycles. The van der Waals surface area contributed by atoms with E-state index in [0.717, 1.165) is 22.9 Å². The SMILES string of the molecule is Cc1cc(S(=O)(=O)NNC(=O)c2ccc3oc4ccccc4c3c2)ccc1F. The van der Waals surface area contributed by atoms with E-state index in [1.807, 2.05) is 29.1 Å². The molecule has 0 unspecified atom stereocenters. The molecule has 0 saturated heterocycles. The van der Waals surface area contributed by atoms with Crippen molar-refractivity contribution in [2.45, 2.75) is 11.8 Å². The molecule has 1 aromatic heterocycles. The minimum Gasteiger partial charge on any atom is -0.456 e. The van der Waals surface area contributed by atoms with Crippen LogP contribution in [0.1, 0.15) is 15.9 Å². The Labute approximate surface area is 160 Å². The number of para-hydroxylation sites is 1. The smallest absolute Gasteiger partial charge is 0.266 e. The lowest BCUT2D eigenvalue weighted by Crippen LogP contribution is -2.41. The fourth-order valence-corrected chi connectivity index (χ4v) is 3.82. The van der Waals surface area contributed by atoms with E-state index < -0.39 is 21.7 Å². The lowest BCUT2D eigenvalue weighted by atomic mass is 10.1. The summed E-state index contributed by atoms with van der Waals surface area (Å²) in [6.07, 6.45) is 0. The summed E-state index contributed by atoms with van der Waals surface area (Å²) in [6.45, 7) is 1.46. The van der Waals surface area contributed by atoms with Gasteiger partial charge in [0.1, 0.15) is 17.0 Å². The van der Waals surface area contributed by atoms with Crippen molar-refractivity contribution in [2.24, 2.45) is 0 Å². The maximum absolute atomic E-state index is 13.3. The third-order valence-corrected chi connectivity index (χ3v) is 5.62. The molecule has 0 saturated carbocycles. The first kappa shape index (κ1) is 18.1. The molecule has 2 N–H and O–H groups in total. The number of halogens is 1. The number of rotatable bonds is 4. The fourth-order valence-electron chi connectivity index (χ4n) is 2.90. The van der Waals surface area contributed by atoms with Gasteiger partial charge in [0, 0.05) is 16.3 Å². The van der Waals surface area contributed by atoms with Gasteiger partial charge >= 0.3 is 0 Å². The van der Waals surface area contributed by atoms with Crippen molar-refractivity contribution in [1.82, 2.24) is 10.3 Å². The number of carbonyl (C=O) groups excluding carboxylic acids is 1. The highest BCUT2D eigenvalue weighted by atomic mass is 32.2. The number of benzene rings is 3. The lowest BCUT2D eigenvalue weighted by molar-refractivity contribution is 0.0945. The number of furan rings is 1. The van der Waals surface area contributed by atoms with E-state index in [2.05, 4.69) is 5.43 Å². The van der Waals surface area contributed by atoms with E-state index in [0.29, 0.717) is 11.2 Å². The number of hydrogen-bond acceptors (Lipinski definition) is 4. The summed E-state index contributed by atoms with van der Waals surface area (Å²) < 4.78 is 43.7. The molecule has 0 spiro atoms. The van der Waals surface area contributed by atoms with E-state index in [-0.39, 0.29) is 16.0 Å². The summed E-state index contributed by atoms with van der Waals surface area (Å²) in [5.74, 6) is -1.14. The molecule has 142 valence electrons. The van der Waals surface area contributed by atoms with Gasteiger partial charge in [-0.15, -0.1) is 4.83 Å². The van der Waals surface area contributed by atoms with Crippen LogP contribution in [0.5, 0.6) is 0 Å². The zero-order valence-electron chi connectivity index (χ0n) is 14.7. The molecule has 0 bridgehead atoms. The molecule has 0 radical (unpaired) electrons. The highest BCUT2D eigenvalue weighted by Gasteiger charge is 2.17. The summed E-state index contributed by atoms with van der Waals surface area (Å²) in [6, 6.07) is 15.6. The van der Waals surface area contributed by atoms with Crippen LogP contribution >= 0.6 is 0 Å². The van der Waals surface area contributed by atoms with Crippen molar-refractivity contribution in [1.29, 1.82) is 0 Å². The Kier molecular flexibility index (Phi) is 4.37. The number of hydrazine groups is 1. The number of hydrogen-bond donors (Lipinski definition) is 2. The van der Waals surface area contributed by atoms with Crippen LogP contribution in [0.25, 0.3) is 21.9 Å². The Balaban J connectivity index is 1.58. The van der Waals surface area contributed by atoms with Gasteiger partial charge in [-0.05, 0) is 55.0 Å². The highest BCUT2D eigenvalue weighted by molar-refractivity contribution is 7.89. The minimum atomic E-state index is -4.04. The van der Waals surface area contributed by atoms with Gasteiger partial charge in [-0.3, -0.25) is 10.2 Å². The molecule has 4 rings (SSSR count). The Morgan fingerprint density at radius 2 is 1.71 bits per heavy atom. The van der Waals surface area contributed by atoms with Gasteiger partial charge in [-0.2, -0.15) is 0 Å². The number of aryl methyl sites for hydroxylation is 1. The third kappa shape index (κ3) is 3.23. The van der Waals surface area contributed by atoms with Crippen LogP contribution in [0.15, 0.2) is 70.0 Å². The van der Waals surface area contributed by atoms with Gasteiger partial charge in [0.05, 0.1) is 4.90 Å². The summed E-state index contributed by atoms with van der Waals surface area (Å²) in [7, 11) is -4.04. The molecule has 0 fully saturated rings. The zero-order chi connectivity index (χ0) is 19.9. The van der Waals surface area contributed by atoms with Crippen LogP contribution in [0, 0.1) is 12.7 Å². The second kappa shape index (κ2) is 6.74. The molecule has 0 aliphatic carbocycles. The minimum absolute atomic E-state index is 0.150. The van der Waals surface area contributed by atoms with Gasteiger partial charge < -0.3 is 4.42 Å². The van der Waals surface area contributed by atoms with E-state index in [9.17, 15) is 17.6 Å². The maximum Gasteiger partial charge on any atom is 0.266 e. The standard InChI is InChI=1S/C20H15FN2O4S/c1-12-10-14(7-8-17(12)21)28(25,26)23-22-20(24)13-6-9-19-16(11-13)15-4-2-3-5-18(15)27-19/h2-11,23H,1H3,(H,22,24). The average Bonchev–Trinajstić information content (AvgIpc) is 3.06. The van der Waals surface area contributed by atoms with Gasteiger partial charge in [0.15, 0.2) is 0 Å². The number of sulfonamides is 1. The van der Waals surface area contributed by atoms with Crippen LogP contribution in [0.4, 0.5) is 4.39 Å². The second-order valence-corrected chi connectivity index (χ2v) is 7.96. The average molecular weight is 398 g/mol. The number of amides is 1. The predicted molar refractivity (Wildman–Crippen MR) is 103 cm³/mol. The highest BCUT2D eigenvalue weighted by Crippen LogP contribution is 2.29. The first-order chi connectivity index (χ1) is 13.3. The zero-order valence-corrected chi connectivity index (χ0v) is 15.5. The molecule has 0 atom stereocenters. The van der Waals surface area contributed by atoms with Crippen LogP contribution in [0.2, 0.25) is 0 Å². The van der Waals surface area contributed by atoms with Crippen LogP contribution < -0.4 is 10.3 Å². The fraction of sp³-hybridized carbons (Fsp3) is 0.0500. The number of nitrogens with one attached hydrogen (secondary N) is 2. The largest absolute Gasteiger partial charge is 0.456 e. The van der Waals surface area contributed by atoms with Crippen molar-refractivity contribution in [3.63, 3.8) is 0 Å². The van der Waals surface area contributed by atoms with Crippen molar-refractivity contribution >= 4 is 37.9 Å². The quantitative estimate of drug-likeness (QED) is 0.514. The number of carbonyl (C=O) groups is 1. The molecule has 1 amide bonds. The van der Waals surface area contributed by atoms with Crippen molar-refractivity contribution in [3.05, 3.63) is 77.6 Å². The molecular formula is C20H15FN2O4S. The Bertz CT molecular complexity index is 1330. The summed E-state index contributed by atoms with van der Waals surface area (Å²) in [5.41, 5.74) is 3.95. The van der Waals surface area contributed by atoms with Gasteiger partial charge in [0.2, 0.25) is 0 Å². The molecule has 0 aliphatic rings. The van der Waals surface area contributed by atoms with Crippen LogP contribution in [0.3, 0.4) is 0 Å². The molecule has 1 heterocycles. The van der Waals surface area contributed by atoms with E-state index in [1.54, 1.807) is 12.1 Å². The Hall–Kier alpha value is -3.23. The number of fused-ring (bicyclic) bond motifs is 3. The van der Waals surface area contributed by atoms with Crippen LogP contribution in [-0.2, 0) is 10.0 Å². The van der Waals surface area contributed by atoms with Gasteiger partial charge in [0.25, 0.3) is 15.9 Å². The van der Waals surface area contributed by atoms with Crippen molar-refractivity contribution in [3.8, 4) is 0 Å². The summed E-state index contributed by atoms with van der Waals surface area (Å²) >= 11 is 0. The lowest BCUT2D eigenvalue weighted by Gasteiger charge is -2.09. The topological polar surface area (TPSA) is 88.4 Å². The van der Waals surface area contributed by atoms with Crippen molar-refractivity contribution in [2.75, 3.05) is 0 Å². The molecular weight excluding hydrogens is 383 g/mol. The summed E-state index contributed by atoms with van der Waals surface area (Å²) in [5, 5.41) is 1.61. The van der Waals surface area contributed by atoms with E-state index >= 15 is 0 Å². The first-order valence-electron chi connectivity index (χ1n) is 8.35. The van der Waals surface area contributed by atoms with Crippen LogP contribution in [-0.4, -0.2) is 14.3 Å². The third-order valence-electron chi connectivity index (χ3n) is 4.38. The predicted octanol–water partition coefficient (Wildman–Crippen LogP) is 3.66. The normalized spacial score (nSPS) is 11.8. The van der Waals surface area contributed by atoms with Gasteiger partial charge in [-0.25, -0.2) is 12.8 Å².